The lowest BCUT2D eigenvalue weighted by Crippen LogP contribution is -2.37. The number of rotatable bonds is 5. The fourth-order valence-electron chi connectivity index (χ4n) is 3.88. The molecule has 1 aliphatic rings. The lowest BCUT2D eigenvalue weighted by Gasteiger charge is -2.26. The van der Waals surface area contributed by atoms with E-state index in [1.165, 1.54) is 10.8 Å². The number of anilines is 1. The van der Waals surface area contributed by atoms with Crippen molar-refractivity contribution in [3.63, 3.8) is 0 Å². The van der Waals surface area contributed by atoms with Crippen LogP contribution in [0.2, 0.25) is 0 Å². The monoisotopic (exact) mass is 347 g/mol. The van der Waals surface area contributed by atoms with Crippen LogP contribution in [-0.2, 0) is 0 Å². The maximum absolute atomic E-state index is 4.81. The van der Waals surface area contributed by atoms with Crippen LogP contribution in [0.1, 0.15) is 20.3 Å². The van der Waals surface area contributed by atoms with Gasteiger partial charge in [-0.25, -0.2) is 4.98 Å². The van der Waals surface area contributed by atoms with Crippen LogP contribution in [0.4, 0.5) is 5.95 Å². The zero-order valence-electron chi connectivity index (χ0n) is 15.5. The van der Waals surface area contributed by atoms with Crippen LogP contribution < -0.4 is 4.90 Å². The van der Waals surface area contributed by atoms with Crippen molar-refractivity contribution in [3.8, 4) is 11.3 Å². The molecular formula is C21H25N5. The molecule has 5 heteroatoms. The predicted octanol–water partition coefficient (Wildman–Crippen LogP) is 3.61. The van der Waals surface area contributed by atoms with E-state index in [4.69, 9.17) is 4.98 Å². The van der Waals surface area contributed by atoms with E-state index in [2.05, 4.69) is 76.3 Å². The highest BCUT2D eigenvalue weighted by molar-refractivity contribution is 5.86. The van der Waals surface area contributed by atoms with Crippen molar-refractivity contribution in [2.45, 2.75) is 26.3 Å². The first-order chi connectivity index (χ1) is 12.8. The molecule has 0 bridgehead atoms. The first kappa shape index (κ1) is 16.9. The van der Waals surface area contributed by atoms with Crippen molar-refractivity contribution >= 4 is 16.7 Å². The van der Waals surface area contributed by atoms with E-state index in [0.29, 0.717) is 6.04 Å². The highest BCUT2D eigenvalue weighted by atomic mass is 15.3. The van der Waals surface area contributed by atoms with Crippen LogP contribution in [-0.4, -0.2) is 52.3 Å². The molecule has 2 aromatic carbocycles. The SMILES string of the molecule is CCN(CC)[C@H]1CCN(c2nncc(-c3ccc4ccccc4c3)n2)C1. The van der Waals surface area contributed by atoms with Gasteiger partial charge in [0.25, 0.3) is 0 Å². The third kappa shape index (κ3) is 3.27. The van der Waals surface area contributed by atoms with E-state index < -0.39 is 0 Å². The van der Waals surface area contributed by atoms with Gasteiger partial charge >= 0.3 is 0 Å². The zero-order chi connectivity index (χ0) is 17.9. The summed E-state index contributed by atoms with van der Waals surface area (Å²) in [5, 5.41) is 11.0. The van der Waals surface area contributed by atoms with Gasteiger partial charge in [-0.2, -0.15) is 5.10 Å². The van der Waals surface area contributed by atoms with Crippen LogP contribution in [0.5, 0.6) is 0 Å². The summed E-state index contributed by atoms with van der Waals surface area (Å²) in [6.07, 6.45) is 2.91. The van der Waals surface area contributed by atoms with Crippen molar-refractivity contribution in [1.82, 2.24) is 20.1 Å². The Labute approximate surface area is 154 Å². The molecule has 0 amide bonds. The summed E-state index contributed by atoms with van der Waals surface area (Å²) in [6.45, 7) is 8.60. The Bertz CT molecular complexity index is 890. The van der Waals surface area contributed by atoms with Gasteiger partial charge in [-0.3, -0.25) is 4.90 Å². The normalized spacial score (nSPS) is 17.3. The summed E-state index contributed by atoms with van der Waals surface area (Å²) in [4.78, 5) is 9.59. The fraction of sp³-hybridized carbons (Fsp3) is 0.381. The van der Waals surface area contributed by atoms with Gasteiger partial charge in [0, 0.05) is 24.7 Å². The van der Waals surface area contributed by atoms with Gasteiger partial charge in [-0.05, 0) is 36.3 Å². The highest BCUT2D eigenvalue weighted by Gasteiger charge is 2.28. The molecule has 3 aromatic rings. The van der Waals surface area contributed by atoms with E-state index >= 15 is 0 Å². The molecule has 1 fully saturated rings. The highest BCUT2D eigenvalue weighted by Crippen LogP contribution is 2.25. The number of likely N-dealkylation sites (N-methyl/N-ethyl adjacent to an activating group) is 1. The second kappa shape index (κ2) is 7.38. The topological polar surface area (TPSA) is 45.2 Å². The Kier molecular flexibility index (Phi) is 4.80. The van der Waals surface area contributed by atoms with Crippen LogP contribution in [0.15, 0.2) is 48.7 Å². The molecule has 26 heavy (non-hydrogen) atoms. The van der Waals surface area contributed by atoms with E-state index in [1.807, 2.05) is 0 Å². The average Bonchev–Trinajstić information content (AvgIpc) is 3.19. The Morgan fingerprint density at radius 1 is 1.08 bits per heavy atom. The van der Waals surface area contributed by atoms with Crippen molar-refractivity contribution in [2.24, 2.45) is 0 Å². The molecule has 0 radical (unpaired) electrons. The minimum absolute atomic E-state index is 0.581. The molecule has 1 atom stereocenters. The van der Waals surface area contributed by atoms with E-state index in [0.717, 1.165) is 49.8 Å². The first-order valence-electron chi connectivity index (χ1n) is 9.46. The predicted molar refractivity (Wildman–Crippen MR) is 106 cm³/mol. The molecule has 0 N–H and O–H groups in total. The van der Waals surface area contributed by atoms with Crippen LogP contribution >= 0.6 is 0 Å². The largest absolute Gasteiger partial charge is 0.338 e. The molecule has 1 saturated heterocycles. The lowest BCUT2D eigenvalue weighted by molar-refractivity contribution is 0.232. The van der Waals surface area contributed by atoms with Gasteiger partial charge in [0.05, 0.1) is 11.9 Å². The van der Waals surface area contributed by atoms with Crippen LogP contribution in [0.3, 0.4) is 0 Å². The molecule has 4 rings (SSSR count). The molecule has 1 aromatic heterocycles. The minimum Gasteiger partial charge on any atom is -0.338 e. The molecule has 0 aliphatic carbocycles. The summed E-state index contributed by atoms with van der Waals surface area (Å²) >= 11 is 0. The number of aromatic nitrogens is 3. The van der Waals surface area contributed by atoms with Crippen LogP contribution in [0.25, 0.3) is 22.0 Å². The number of hydrogen-bond acceptors (Lipinski definition) is 5. The van der Waals surface area contributed by atoms with Gasteiger partial charge in [0.15, 0.2) is 0 Å². The maximum atomic E-state index is 4.81. The molecule has 0 spiro atoms. The van der Waals surface area contributed by atoms with E-state index in [9.17, 15) is 0 Å². The molecule has 0 unspecified atom stereocenters. The maximum Gasteiger partial charge on any atom is 0.245 e. The van der Waals surface area contributed by atoms with Gasteiger partial charge < -0.3 is 4.90 Å². The Morgan fingerprint density at radius 2 is 1.88 bits per heavy atom. The molecular weight excluding hydrogens is 322 g/mol. The molecule has 134 valence electrons. The van der Waals surface area contributed by atoms with E-state index in [1.54, 1.807) is 6.20 Å². The van der Waals surface area contributed by atoms with Gasteiger partial charge in [-0.15, -0.1) is 5.10 Å². The Morgan fingerprint density at radius 3 is 2.69 bits per heavy atom. The van der Waals surface area contributed by atoms with Crippen molar-refractivity contribution in [2.75, 3.05) is 31.1 Å². The minimum atomic E-state index is 0.581. The van der Waals surface area contributed by atoms with Crippen molar-refractivity contribution in [3.05, 3.63) is 48.7 Å². The van der Waals surface area contributed by atoms with Gasteiger partial charge in [-0.1, -0.05) is 50.2 Å². The Hall–Kier alpha value is -2.53. The number of nitrogens with zero attached hydrogens (tertiary/aromatic N) is 5. The van der Waals surface area contributed by atoms with Gasteiger partial charge in [0.1, 0.15) is 0 Å². The average molecular weight is 347 g/mol. The fourth-order valence-corrected chi connectivity index (χ4v) is 3.88. The summed E-state index contributed by atoms with van der Waals surface area (Å²) in [5.41, 5.74) is 1.96. The molecule has 2 heterocycles. The van der Waals surface area contributed by atoms with Crippen LogP contribution in [0, 0.1) is 0 Å². The second-order valence-corrected chi connectivity index (χ2v) is 6.81. The van der Waals surface area contributed by atoms with Crippen molar-refractivity contribution in [1.29, 1.82) is 0 Å². The second-order valence-electron chi connectivity index (χ2n) is 6.81. The molecule has 5 nitrogen and oxygen atoms in total. The van der Waals surface area contributed by atoms with Crippen molar-refractivity contribution < 1.29 is 0 Å². The quantitative estimate of drug-likeness (QED) is 0.705. The summed E-state index contributed by atoms with van der Waals surface area (Å²) in [5.74, 6) is 0.741. The lowest BCUT2D eigenvalue weighted by atomic mass is 10.1. The van der Waals surface area contributed by atoms with Gasteiger partial charge in [0.2, 0.25) is 5.95 Å². The third-order valence-electron chi connectivity index (χ3n) is 5.37. The standard InChI is InChI=1S/C21H25N5/c1-3-25(4-2)19-11-12-26(15-19)21-23-20(14-22-24-21)18-10-9-16-7-5-6-8-17(16)13-18/h5-10,13-14,19H,3-4,11-12,15H2,1-2H3/t19-/m0/s1. The summed E-state index contributed by atoms with van der Waals surface area (Å²) in [7, 11) is 0. The molecule has 0 saturated carbocycles. The molecule has 1 aliphatic heterocycles. The Balaban J connectivity index is 1.58. The number of benzene rings is 2. The summed E-state index contributed by atoms with van der Waals surface area (Å²) < 4.78 is 0. The number of fused-ring (bicyclic) bond motifs is 1. The third-order valence-corrected chi connectivity index (χ3v) is 5.37. The van der Waals surface area contributed by atoms with E-state index in [-0.39, 0.29) is 0 Å². The smallest absolute Gasteiger partial charge is 0.245 e. The zero-order valence-corrected chi connectivity index (χ0v) is 15.5. The number of hydrogen-bond donors (Lipinski definition) is 0. The first-order valence-corrected chi connectivity index (χ1v) is 9.46. The summed E-state index contributed by atoms with van der Waals surface area (Å²) in [6, 6.07) is 15.4.